The van der Waals surface area contributed by atoms with Crippen LogP contribution in [-0.2, 0) is 32.1 Å². The van der Waals surface area contributed by atoms with Crippen LogP contribution in [0.5, 0.6) is 5.75 Å². The quantitative estimate of drug-likeness (QED) is 0.395. The Morgan fingerprint density at radius 1 is 1.07 bits per heavy atom. The number of hydrogen-bond donors (Lipinski definition) is 3. The number of primary amides is 1. The van der Waals surface area contributed by atoms with Crippen molar-refractivity contribution < 1.29 is 38.6 Å². The second-order valence-corrected chi connectivity index (χ2v) is 12.6. The zero-order chi connectivity index (χ0) is 31.0. The molecule has 1 saturated heterocycles. The Hall–Kier alpha value is -3.71. The van der Waals surface area contributed by atoms with E-state index in [9.17, 15) is 34.2 Å². The van der Waals surface area contributed by atoms with Crippen molar-refractivity contribution in [3.05, 3.63) is 41.2 Å². The first-order chi connectivity index (χ1) is 20.3. The maximum Gasteiger partial charge on any atom is 0.235 e. The van der Waals surface area contributed by atoms with E-state index >= 15 is 0 Å². The molecule has 1 amide bonds. The number of phenols is 1. The number of ketones is 4. The molecule has 2 heterocycles. The minimum Gasteiger partial charge on any atom is -0.507 e. The van der Waals surface area contributed by atoms with Crippen LogP contribution >= 0.6 is 0 Å². The first kappa shape index (κ1) is 29.4. The molecule has 3 fully saturated rings. The Kier molecular flexibility index (Phi) is 7.15. The number of nitrogens with zero attached hydrogens (tertiary/aromatic N) is 3. The van der Waals surface area contributed by atoms with Gasteiger partial charge in [0.15, 0.2) is 34.7 Å². The van der Waals surface area contributed by atoms with Gasteiger partial charge in [-0.15, -0.1) is 0 Å². The molecule has 4 N–H and O–H groups in total. The Balaban J connectivity index is 1.37. The molecular formula is C31H36N4O8. The van der Waals surface area contributed by atoms with E-state index < -0.39 is 64.4 Å². The molecule has 4 aliphatic rings. The van der Waals surface area contributed by atoms with Crippen molar-refractivity contribution in [3.8, 4) is 17.1 Å². The second kappa shape index (κ2) is 10.5. The molecule has 6 atom stereocenters. The minimum atomic E-state index is -2.75. The summed E-state index contributed by atoms with van der Waals surface area (Å²) < 4.78 is 6.22. The van der Waals surface area contributed by atoms with Gasteiger partial charge in [0.2, 0.25) is 5.91 Å². The Bertz CT molecular complexity index is 1540. The molecule has 1 aliphatic heterocycles. The summed E-state index contributed by atoms with van der Waals surface area (Å²) in [4.78, 5) is 72.8. The molecule has 1 aromatic carbocycles. The maximum absolute atomic E-state index is 14.0. The lowest BCUT2D eigenvalue weighted by Gasteiger charge is -2.52. The average Bonchev–Trinajstić information content (AvgIpc) is 3.40. The van der Waals surface area contributed by atoms with Crippen molar-refractivity contribution in [2.75, 3.05) is 47.3 Å². The molecule has 0 bridgehead atoms. The molecule has 3 aliphatic carbocycles. The number of amides is 1. The standard InChI is InChI=1S/C31H36N4O8/c1-33(2)25-19-13-15-12-18-17(21-7-4-16(43-21)14-35-10-8-34(3)9-11-35)5-6-20(36)23(18)26(37)22(15)28(39)31(19,42)29(40)24(27(25)38)30(32)41/h4-7,15,19,22,24-25,36,42H,8-14H2,1-3H3,(H2,32,41)/t15-,19-,22?,24?,25+,31-/m0/s1. The van der Waals surface area contributed by atoms with Crippen LogP contribution < -0.4 is 5.73 Å². The smallest absolute Gasteiger partial charge is 0.235 e. The van der Waals surface area contributed by atoms with E-state index in [-0.39, 0.29) is 24.2 Å². The first-order valence-electron chi connectivity index (χ1n) is 14.5. The predicted molar refractivity (Wildman–Crippen MR) is 152 cm³/mol. The van der Waals surface area contributed by atoms with E-state index in [2.05, 4.69) is 16.8 Å². The van der Waals surface area contributed by atoms with Crippen LogP contribution in [0.3, 0.4) is 0 Å². The highest BCUT2D eigenvalue weighted by Crippen LogP contribution is 2.51. The monoisotopic (exact) mass is 592 g/mol. The van der Waals surface area contributed by atoms with E-state index in [1.807, 2.05) is 12.1 Å². The summed E-state index contributed by atoms with van der Waals surface area (Å²) in [5.41, 5.74) is 3.69. The Morgan fingerprint density at radius 3 is 2.42 bits per heavy atom. The number of piperazine rings is 1. The highest BCUT2D eigenvalue weighted by Gasteiger charge is 2.69. The number of furan rings is 1. The van der Waals surface area contributed by atoms with Crippen molar-refractivity contribution in [1.82, 2.24) is 14.7 Å². The van der Waals surface area contributed by atoms with Gasteiger partial charge in [-0.25, -0.2) is 0 Å². The summed E-state index contributed by atoms with van der Waals surface area (Å²) in [7, 11) is 5.20. The SMILES string of the molecule is CN1CCN(Cc2ccc(-c3ccc(O)c4c3C[C@H]3C[C@H]5[C@@H](N(C)C)C(=O)C(C(N)=O)C(=O)[C@@]5(O)C(=O)C3C4=O)o2)CC1. The third kappa shape index (κ3) is 4.46. The number of fused-ring (bicyclic) bond motifs is 3. The van der Waals surface area contributed by atoms with Crippen LogP contribution in [0.25, 0.3) is 11.3 Å². The molecule has 2 unspecified atom stereocenters. The van der Waals surface area contributed by atoms with Gasteiger partial charge in [-0.1, -0.05) is 0 Å². The molecule has 12 heteroatoms. The van der Waals surface area contributed by atoms with Crippen molar-refractivity contribution in [1.29, 1.82) is 0 Å². The molecular weight excluding hydrogens is 556 g/mol. The highest BCUT2D eigenvalue weighted by atomic mass is 16.3. The molecule has 228 valence electrons. The fourth-order valence-electron chi connectivity index (χ4n) is 7.67. The van der Waals surface area contributed by atoms with E-state index in [0.717, 1.165) is 31.9 Å². The molecule has 6 rings (SSSR count). The van der Waals surface area contributed by atoms with Crippen LogP contribution in [0, 0.1) is 23.7 Å². The van der Waals surface area contributed by atoms with Gasteiger partial charge in [0.1, 0.15) is 17.3 Å². The molecule has 0 spiro atoms. The topological polar surface area (TPSA) is 175 Å². The van der Waals surface area contributed by atoms with Crippen molar-refractivity contribution in [2.45, 2.75) is 31.0 Å². The van der Waals surface area contributed by atoms with E-state index in [4.69, 9.17) is 10.2 Å². The Labute approximate surface area is 248 Å². The van der Waals surface area contributed by atoms with Gasteiger partial charge >= 0.3 is 0 Å². The lowest BCUT2D eigenvalue weighted by molar-refractivity contribution is -0.181. The summed E-state index contributed by atoms with van der Waals surface area (Å²) in [6, 6.07) is 5.61. The third-order valence-electron chi connectivity index (χ3n) is 9.85. The van der Waals surface area contributed by atoms with Gasteiger partial charge in [0, 0.05) is 37.7 Å². The van der Waals surface area contributed by atoms with Crippen LogP contribution in [0.4, 0.5) is 0 Å². The number of phenolic OH excluding ortho intramolecular Hbond substituents is 1. The van der Waals surface area contributed by atoms with Crippen molar-refractivity contribution >= 4 is 29.0 Å². The normalized spacial score (nSPS) is 31.6. The van der Waals surface area contributed by atoms with Crippen LogP contribution in [-0.4, -0.2) is 113 Å². The van der Waals surface area contributed by atoms with E-state index in [1.54, 1.807) is 20.2 Å². The molecule has 12 nitrogen and oxygen atoms in total. The number of aromatic hydroxyl groups is 1. The number of likely N-dealkylation sites (N-methyl/N-ethyl adjacent to an activating group) is 2. The number of carbonyl (C=O) groups excluding carboxylic acids is 5. The van der Waals surface area contributed by atoms with Crippen LogP contribution in [0.15, 0.2) is 28.7 Å². The fourth-order valence-corrected chi connectivity index (χ4v) is 7.67. The molecule has 43 heavy (non-hydrogen) atoms. The maximum atomic E-state index is 14.0. The second-order valence-electron chi connectivity index (χ2n) is 12.6. The number of nitrogens with two attached hydrogens (primary N) is 1. The number of aliphatic hydroxyl groups is 1. The summed E-state index contributed by atoms with van der Waals surface area (Å²) >= 11 is 0. The Morgan fingerprint density at radius 2 is 1.77 bits per heavy atom. The van der Waals surface area contributed by atoms with Crippen LogP contribution in [0.1, 0.15) is 28.1 Å². The number of carbonyl (C=O) groups is 5. The van der Waals surface area contributed by atoms with Crippen molar-refractivity contribution in [3.63, 3.8) is 0 Å². The van der Waals surface area contributed by atoms with Gasteiger partial charge < -0.3 is 25.3 Å². The molecule has 2 aromatic rings. The summed E-state index contributed by atoms with van der Waals surface area (Å²) in [5.74, 6) is -9.40. The van der Waals surface area contributed by atoms with Gasteiger partial charge in [-0.3, -0.25) is 33.8 Å². The molecule has 2 saturated carbocycles. The largest absolute Gasteiger partial charge is 0.507 e. The summed E-state index contributed by atoms with van der Waals surface area (Å²) in [6.07, 6.45) is 0.163. The minimum absolute atomic E-state index is 0.00813. The zero-order valence-electron chi connectivity index (χ0n) is 24.4. The third-order valence-corrected chi connectivity index (χ3v) is 9.85. The van der Waals surface area contributed by atoms with E-state index in [1.165, 1.54) is 11.0 Å². The summed E-state index contributed by atoms with van der Waals surface area (Å²) in [6.45, 7) is 4.40. The summed E-state index contributed by atoms with van der Waals surface area (Å²) in [5, 5.41) is 22.5. The zero-order valence-corrected chi connectivity index (χ0v) is 24.4. The number of hydrogen-bond acceptors (Lipinski definition) is 11. The molecule has 1 aromatic heterocycles. The lowest BCUT2D eigenvalue weighted by atomic mass is 9.52. The fraction of sp³-hybridized carbons (Fsp3) is 0.516. The van der Waals surface area contributed by atoms with Crippen molar-refractivity contribution in [2.24, 2.45) is 29.4 Å². The predicted octanol–water partition coefficient (Wildman–Crippen LogP) is -0.126. The number of Topliss-reactive ketones (excluding diaryl/α,β-unsaturated/α-hetero) is 4. The highest BCUT2D eigenvalue weighted by molar-refractivity contribution is 6.32. The van der Waals surface area contributed by atoms with Gasteiger partial charge in [0.05, 0.1) is 24.1 Å². The van der Waals surface area contributed by atoms with Gasteiger partial charge in [-0.05, 0) is 69.7 Å². The molecule has 0 radical (unpaired) electrons. The number of benzene rings is 1. The number of rotatable bonds is 5. The first-order valence-corrected chi connectivity index (χ1v) is 14.5. The van der Waals surface area contributed by atoms with Gasteiger partial charge in [0.25, 0.3) is 0 Å². The van der Waals surface area contributed by atoms with E-state index in [0.29, 0.717) is 23.4 Å². The lowest BCUT2D eigenvalue weighted by Crippen LogP contribution is -2.74. The van der Waals surface area contributed by atoms with Crippen LogP contribution in [0.2, 0.25) is 0 Å². The average molecular weight is 593 g/mol. The van der Waals surface area contributed by atoms with Gasteiger partial charge in [-0.2, -0.15) is 0 Å².